The van der Waals surface area contributed by atoms with Gasteiger partial charge in [0.2, 0.25) is 6.79 Å². The third-order valence-corrected chi connectivity index (χ3v) is 3.53. The second kappa shape index (κ2) is 7.62. The highest BCUT2D eigenvalue weighted by Crippen LogP contribution is 2.40. The highest BCUT2D eigenvalue weighted by atomic mass is 35.5. The first-order valence-electron chi connectivity index (χ1n) is 6.91. The van der Waals surface area contributed by atoms with Crippen LogP contribution in [0.3, 0.4) is 0 Å². The van der Waals surface area contributed by atoms with Crippen LogP contribution < -0.4 is 15.2 Å². The Bertz CT molecular complexity index is 538. The van der Waals surface area contributed by atoms with Crippen molar-refractivity contribution in [3.63, 3.8) is 0 Å². The summed E-state index contributed by atoms with van der Waals surface area (Å²) in [5.41, 5.74) is 6.11. The number of nitro groups is 1. The number of hydrogen-bond donors (Lipinski definition) is 2. The topological polar surface area (TPSA) is 108 Å². The highest BCUT2D eigenvalue weighted by molar-refractivity contribution is 5.85. The van der Waals surface area contributed by atoms with Crippen molar-refractivity contribution in [3.05, 3.63) is 27.8 Å². The number of benzene rings is 1. The Morgan fingerprint density at radius 3 is 2.45 bits per heavy atom. The van der Waals surface area contributed by atoms with Crippen LogP contribution in [0.15, 0.2) is 12.1 Å². The first-order valence-corrected chi connectivity index (χ1v) is 6.91. The fraction of sp³-hybridized carbons (Fsp3) is 0.571. The van der Waals surface area contributed by atoms with E-state index in [0.29, 0.717) is 23.8 Å². The fourth-order valence-corrected chi connectivity index (χ4v) is 2.26. The van der Waals surface area contributed by atoms with Crippen LogP contribution in [0.5, 0.6) is 11.5 Å². The Kier molecular flexibility index (Phi) is 6.40. The van der Waals surface area contributed by atoms with Gasteiger partial charge in [-0.3, -0.25) is 10.1 Å². The molecule has 124 valence electrons. The zero-order chi connectivity index (χ0) is 15.6. The molecule has 0 amide bonds. The van der Waals surface area contributed by atoms with Crippen LogP contribution in [-0.2, 0) is 0 Å². The molecule has 0 spiro atoms. The third-order valence-electron chi connectivity index (χ3n) is 3.53. The number of nitrogens with two attached hydrogens (primary N) is 1. The molecule has 0 bridgehead atoms. The Morgan fingerprint density at radius 2 is 1.91 bits per heavy atom. The standard InChI is InChI=1S/C14H20N2O5.ClH/c1-8(2)3-4-11(17)14(15)9-5-12-13(21-7-20-12)6-10(9)16(18)19;/h5-6,8,11,14,17H,3-4,7,15H2,1-2H3;1H/t11-,14+;/m1./s1. The summed E-state index contributed by atoms with van der Waals surface area (Å²) in [5, 5.41) is 21.3. The predicted molar refractivity (Wildman–Crippen MR) is 83.5 cm³/mol. The largest absolute Gasteiger partial charge is 0.454 e. The van der Waals surface area contributed by atoms with Crippen molar-refractivity contribution in [2.45, 2.75) is 38.8 Å². The second-order valence-electron chi connectivity index (χ2n) is 5.59. The maximum Gasteiger partial charge on any atom is 0.278 e. The fourth-order valence-electron chi connectivity index (χ4n) is 2.26. The molecule has 1 aliphatic rings. The van der Waals surface area contributed by atoms with Gasteiger partial charge < -0.3 is 20.3 Å². The first-order chi connectivity index (χ1) is 9.90. The molecule has 3 N–H and O–H groups in total. The summed E-state index contributed by atoms with van der Waals surface area (Å²) >= 11 is 0. The van der Waals surface area contributed by atoms with Gasteiger partial charge in [-0.1, -0.05) is 13.8 Å². The Balaban J connectivity index is 0.00000242. The summed E-state index contributed by atoms with van der Waals surface area (Å²) in [5.74, 6) is 1.18. The third kappa shape index (κ3) is 4.00. The zero-order valence-corrected chi connectivity index (χ0v) is 13.3. The van der Waals surface area contributed by atoms with Gasteiger partial charge in [-0.2, -0.15) is 0 Å². The molecule has 1 heterocycles. The first kappa shape index (κ1) is 18.5. The minimum atomic E-state index is -0.841. The molecule has 0 saturated carbocycles. The van der Waals surface area contributed by atoms with Crippen molar-refractivity contribution >= 4 is 18.1 Å². The van der Waals surface area contributed by atoms with Crippen LogP contribution in [0.4, 0.5) is 5.69 Å². The number of halogens is 1. The quantitative estimate of drug-likeness (QED) is 0.612. The van der Waals surface area contributed by atoms with Gasteiger partial charge in [0, 0.05) is 0 Å². The molecule has 22 heavy (non-hydrogen) atoms. The van der Waals surface area contributed by atoms with E-state index >= 15 is 0 Å². The second-order valence-corrected chi connectivity index (χ2v) is 5.59. The molecule has 2 rings (SSSR count). The van der Waals surface area contributed by atoms with Gasteiger partial charge in [-0.25, -0.2) is 0 Å². The van der Waals surface area contributed by atoms with E-state index in [0.717, 1.165) is 6.42 Å². The lowest BCUT2D eigenvalue weighted by atomic mass is 9.94. The summed E-state index contributed by atoms with van der Waals surface area (Å²) < 4.78 is 10.4. The maximum atomic E-state index is 11.2. The summed E-state index contributed by atoms with van der Waals surface area (Å²) in [7, 11) is 0. The van der Waals surface area contributed by atoms with E-state index in [2.05, 4.69) is 0 Å². The van der Waals surface area contributed by atoms with Gasteiger partial charge in [0.1, 0.15) is 0 Å². The number of aliphatic hydroxyl groups is 1. The molecule has 2 atom stereocenters. The van der Waals surface area contributed by atoms with Gasteiger partial charge in [0.05, 0.1) is 28.7 Å². The summed E-state index contributed by atoms with van der Waals surface area (Å²) in [6.07, 6.45) is 0.448. The lowest BCUT2D eigenvalue weighted by Crippen LogP contribution is -2.27. The molecule has 8 heteroatoms. The van der Waals surface area contributed by atoms with Crippen molar-refractivity contribution in [2.24, 2.45) is 11.7 Å². The molecular weight excluding hydrogens is 312 g/mol. The average Bonchev–Trinajstić information content (AvgIpc) is 2.89. The molecule has 0 saturated heterocycles. The minimum Gasteiger partial charge on any atom is -0.454 e. The number of nitrogens with zero attached hydrogens (tertiary/aromatic N) is 1. The van der Waals surface area contributed by atoms with Crippen molar-refractivity contribution in [3.8, 4) is 11.5 Å². The monoisotopic (exact) mass is 332 g/mol. The van der Waals surface area contributed by atoms with Gasteiger partial charge in [0.15, 0.2) is 11.5 Å². The molecule has 0 unspecified atom stereocenters. The lowest BCUT2D eigenvalue weighted by molar-refractivity contribution is -0.385. The molecular formula is C14H21ClN2O5. The van der Waals surface area contributed by atoms with E-state index in [1.54, 1.807) is 0 Å². The molecule has 1 aliphatic heterocycles. The average molecular weight is 333 g/mol. The number of aliphatic hydroxyl groups excluding tert-OH is 1. The van der Waals surface area contributed by atoms with Crippen molar-refractivity contribution in [1.29, 1.82) is 0 Å². The highest BCUT2D eigenvalue weighted by Gasteiger charge is 2.29. The van der Waals surface area contributed by atoms with Crippen molar-refractivity contribution in [1.82, 2.24) is 0 Å². The zero-order valence-electron chi connectivity index (χ0n) is 12.5. The van der Waals surface area contributed by atoms with Crippen LogP contribution >= 0.6 is 12.4 Å². The molecule has 1 aromatic rings. The molecule has 0 aliphatic carbocycles. The van der Waals surface area contributed by atoms with E-state index in [9.17, 15) is 15.2 Å². The van der Waals surface area contributed by atoms with Crippen LogP contribution in [-0.4, -0.2) is 22.9 Å². The van der Waals surface area contributed by atoms with Crippen LogP contribution in [0.25, 0.3) is 0 Å². The Morgan fingerprint density at radius 1 is 1.32 bits per heavy atom. The number of ether oxygens (including phenoxy) is 2. The summed E-state index contributed by atoms with van der Waals surface area (Å²) in [4.78, 5) is 10.7. The SMILES string of the molecule is CC(C)CC[C@@H](O)[C@@H](N)c1cc2c(cc1[N+](=O)[O-])OCO2.Cl. The number of fused-ring (bicyclic) bond motifs is 1. The van der Waals surface area contributed by atoms with E-state index < -0.39 is 17.1 Å². The van der Waals surface area contributed by atoms with Crippen molar-refractivity contribution in [2.75, 3.05) is 6.79 Å². The van der Waals surface area contributed by atoms with Crippen LogP contribution in [0.1, 0.15) is 38.3 Å². The van der Waals surface area contributed by atoms with Crippen LogP contribution in [0, 0.1) is 16.0 Å². The minimum absolute atomic E-state index is 0. The van der Waals surface area contributed by atoms with Crippen molar-refractivity contribution < 1.29 is 19.5 Å². The Hall–Kier alpha value is -1.57. The molecule has 0 aromatic heterocycles. The maximum absolute atomic E-state index is 11.2. The number of hydrogen-bond acceptors (Lipinski definition) is 6. The van der Waals surface area contributed by atoms with E-state index in [1.165, 1.54) is 12.1 Å². The van der Waals surface area contributed by atoms with E-state index in [1.807, 2.05) is 13.8 Å². The van der Waals surface area contributed by atoms with E-state index in [-0.39, 0.29) is 30.5 Å². The van der Waals surface area contributed by atoms with Gasteiger partial charge in [0.25, 0.3) is 5.69 Å². The molecule has 1 aromatic carbocycles. The summed E-state index contributed by atoms with van der Waals surface area (Å²) in [6, 6.07) is 1.95. The number of nitro benzene ring substituents is 1. The molecule has 0 fully saturated rings. The lowest BCUT2D eigenvalue weighted by Gasteiger charge is -2.20. The molecule has 0 radical (unpaired) electrons. The summed E-state index contributed by atoms with van der Waals surface area (Å²) in [6.45, 7) is 4.11. The van der Waals surface area contributed by atoms with Gasteiger partial charge >= 0.3 is 0 Å². The number of rotatable bonds is 6. The van der Waals surface area contributed by atoms with Gasteiger partial charge in [-0.15, -0.1) is 12.4 Å². The molecule has 7 nitrogen and oxygen atoms in total. The van der Waals surface area contributed by atoms with E-state index in [4.69, 9.17) is 15.2 Å². The smallest absolute Gasteiger partial charge is 0.278 e. The van der Waals surface area contributed by atoms with Crippen LogP contribution in [0.2, 0.25) is 0 Å². The predicted octanol–water partition coefficient (Wildman–Crippen LogP) is 2.54. The van der Waals surface area contributed by atoms with Gasteiger partial charge in [-0.05, 0) is 24.8 Å². The normalized spacial score (nSPS) is 15.3. The Labute approximate surface area is 135 Å².